The normalized spacial score (nSPS) is 10.9. The highest BCUT2D eigenvalue weighted by molar-refractivity contribution is 7.08. The number of nitrogens with two attached hydrogens (primary N) is 1. The summed E-state index contributed by atoms with van der Waals surface area (Å²) in [6.07, 6.45) is 0. The molecule has 1 aromatic heterocycles. The van der Waals surface area contributed by atoms with Crippen molar-refractivity contribution in [3.8, 4) is 16.9 Å². The molecule has 0 saturated heterocycles. The van der Waals surface area contributed by atoms with Gasteiger partial charge in [0, 0.05) is 6.54 Å². The molecule has 1 heterocycles. The summed E-state index contributed by atoms with van der Waals surface area (Å²) in [4.78, 5) is 0. The van der Waals surface area contributed by atoms with Gasteiger partial charge in [-0.2, -0.15) is 11.3 Å². The molecule has 2 rings (SSSR count). The summed E-state index contributed by atoms with van der Waals surface area (Å²) in [6, 6.07) is 8.24. The van der Waals surface area contributed by atoms with Gasteiger partial charge in [-0.1, -0.05) is 26.0 Å². The van der Waals surface area contributed by atoms with Crippen LogP contribution in [0.3, 0.4) is 0 Å². The summed E-state index contributed by atoms with van der Waals surface area (Å²) in [5, 5.41) is 4.25. The van der Waals surface area contributed by atoms with Crippen molar-refractivity contribution in [2.24, 2.45) is 11.7 Å². The molecule has 0 atom stereocenters. The second-order valence-corrected chi connectivity index (χ2v) is 5.49. The summed E-state index contributed by atoms with van der Waals surface area (Å²) < 4.78 is 5.67. The maximum atomic E-state index is 5.73. The van der Waals surface area contributed by atoms with E-state index >= 15 is 0 Å². The van der Waals surface area contributed by atoms with Crippen molar-refractivity contribution >= 4 is 11.3 Å². The molecule has 0 fully saturated rings. The molecule has 0 spiro atoms. The number of thiophene rings is 1. The number of hydrogen-bond acceptors (Lipinski definition) is 3. The molecule has 0 aliphatic heterocycles. The third-order valence-corrected chi connectivity index (χ3v) is 3.50. The SMILES string of the molecule is CC(C)COc1ccc(-c2cscc2CN)cc1. The molecule has 0 bridgehead atoms. The minimum absolute atomic E-state index is 0.547. The number of ether oxygens (including phenoxy) is 1. The monoisotopic (exact) mass is 261 g/mol. The zero-order valence-electron chi connectivity index (χ0n) is 10.8. The highest BCUT2D eigenvalue weighted by Gasteiger charge is 2.05. The molecule has 0 amide bonds. The van der Waals surface area contributed by atoms with Crippen LogP contribution in [0.4, 0.5) is 0 Å². The second kappa shape index (κ2) is 6.03. The smallest absolute Gasteiger partial charge is 0.119 e. The fourth-order valence-electron chi connectivity index (χ4n) is 1.73. The fourth-order valence-corrected chi connectivity index (χ4v) is 2.61. The van der Waals surface area contributed by atoms with E-state index in [4.69, 9.17) is 10.5 Å². The third-order valence-electron chi connectivity index (χ3n) is 2.71. The molecule has 3 heteroatoms. The number of benzene rings is 1. The molecule has 18 heavy (non-hydrogen) atoms. The van der Waals surface area contributed by atoms with Crippen LogP contribution in [0.25, 0.3) is 11.1 Å². The average molecular weight is 261 g/mol. The van der Waals surface area contributed by atoms with E-state index in [0.717, 1.165) is 12.4 Å². The third kappa shape index (κ3) is 3.12. The van der Waals surface area contributed by atoms with Crippen molar-refractivity contribution in [2.45, 2.75) is 20.4 Å². The maximum absolute atomic E-state index is 5.73. The molecule has 0 saturated carbocycles. The zero-order chi connectivity index (χ0) is 13.0. The van der Waals surface area contributed by atoms with Crippen LogP contribution >= 0.6 is 11.3 Å². The number of rotatable bonds is 5. The molecule has 0 aliphatic carbocycles. The van der Waals surface area contributed by atoms with Crippen LogP contribution in [0.5, 0.6) is 5.75 Å². The Kier molecular flexibility index (Phi) is 4.39. The Morgan fingerprint density at radius 1 is 1.17 bits per heavy atom. The van der Waals surface area contributed by atoms with Gasteiger partial charge in [0.05, 0.1) is 6.61 Å². The molecular formula is C15H19NOS. The predicted molar refractivity (Wildman–Crippen MR) is 78.0 cm³/mol. The standard InChI is InChI=1S/C15H19NOS/c1-11(2)8-17-14-5-3-12(4-6-14)15-10-18-9-13(15)7-16/h3-6,9-11H,7-8,16H2,1-2H3. The fraction of sp³-hybridized carbons (Fsp3) is 0.333. The summed E-state index contributed by atoms with van der Waals surface area (Å²) in [7, 11) is 0. The lowest BCUT2D eigenvalue weighted by Gasteiger charge is -2.09. The Morgan fingerprint density at radius 2 is 1.89 bits per heavy atom. The van der Waals surface area contributed by atoms with Gasteiger partial charge in [0.2, 0.25) is 0 Å². The first kappa shape index (κ1) is 13.1. The van der Waals surface area contributed by atoms with Gasteiger partial charge in [0.25, 0.3) is 0 Å². The first-order valence-corrected chi connectivity index (χ1v) is 7.13. The van der Waals surface area contributed by atoms with E-state index in [2.05, 4.69) is 36.7 Å². The van der Waals surface area contributed by atoms with Gasteiger partial charge >= 0.3 is 0 Å². The van der Waals surface area contributed by atoms with Crippen LogP contribution in [-0.4, -0.2) is 6.61 Å². The molecule has 2 nitrogen and oxygen atoms in total. The van der Waals surface area contributed by atoms with Crippen molar-refractivity contribution < 1.29 is 4.74 Å². The zero-order valence-corrected chi connectivity index (χ0v) is 11.7. The summed E-state index contributed by atoms with van der Waals surface area (Å²) >= 11 is 1.69. The largest absolute Gasteiger partial charge is 0.493 e. The minimum Gasteiger partial charge on any atom is -0.493 e. The minimum atomic E-state index is 0.547. The lowest BCUT2D eigenvalue weighted by molar-refractivity contribution is 0.271. The summed E-state index contributed by atoms with van der Waals surface area (Å²) in [5.74, 6) is 1.47. The van der Waals surface area contributed by atoms with E-state index in [-0.39, 0.29) is 0 Å². The van der Waals surface area contributed by atoms with E-state index in [1.54, 1.807) is 11.3 Å². The Bertz CT molecular complexity index is 487. The molecule has 2 aromatic rings. The van der Waals surface area contributed by atoms with Gasteiger partial charge in [0.15, 0.2) is 0 Å². The van der Waals surface area contributed by atoms with Gasteiger partial charge in [0.1, 0.15) is 5.75 Å². The molecule has 1 aromatic carbocycles. The van der Waals surface area contributed by atoms with Crippen LogP contribution < -0.4 is 10.5 Å². The van der Waals surface area contributed by atoms with Crippen LogP contribution in [-0.2, 0) is 6.54 Å². The van der Waals surface area contributed by atoms with Crippen molar-refractivity contribution in [3.05, 3.63) is 40.6 Å². The van der Waals surface area contributed by atoms with Crippen molar-refractivity contribution in [1.29, 1.82) is 0 Å². The van der Waals surface area contributed by atoms with Gasteiger partial charge in [-0.05, 0) is 45.5 Å². The van der Waals surface area contributed by atoms with E-state index in [9.17, 15) is 0 Å². The molecule has 0 aliphatic rings. The van der Waals surface area contributed by atoms with Crippen LogP contribution in [0.1, 0.15) is 19.4 Å². The Labute approximate surface area is 112 Å². The Hall–Kier alpha value is -1.32. The maximum Gasteiger partial charge on any atom is 0.119 e. The predicted octanol–water partition coefficient (Wildman–Crippen LogP) is 3.91. The number of hydrogen-bond donors (Lipinski definition) is 1. The van der Waals surface area contributed by atoms with Gasteiger partial charge in [-0.15, -0.1) is 0 Å². The average Bonchev–Trinajstić information content (AvgIpc) is 2.85. The summed E-state index contributed by atoms with van der Waals surface area (Å²) in [5.41, 5.74) is 9.37. The highest BCUT2D eigenvalue weighted by Crippen LogP contribution is 2.28. The van der Waals surface area contributed by atoms with E-state index in [1.165, 1.54) is 16.7 Å². The molecule has 0 radical (unpaired) electrons. The highest BCUT2D eigenvalue weighted by atomic mass is 32.1. The van der Waals surface area contributed by atoms with Crippen molar-refractivity contribution in [3.63, 3.8) is 0 Å². The summed E-state index contributed by atoms with van der Waals surface area (Å²) in [6.45, 7) is 5.64. The molecule has 96 valence electrons. The van der Waals surface area contributed by atoms with Gasteiger partial charge in [-0.3, -0.25) is 0 Å². The van der Waals surface area contributed by atoms with E-state index in [1.807, 2.05) is 12.1 Å². The molecule has 0 unspecified atom stereocenters. The molecular weight excluding hydrogens is 242 g/mol. The topological polar surface area (TPSA) is 35.2 Å². The van der Waals surface area contributed by atoms with Crippen molar-refractivity contribution in [1.82, 2.24) is 0 Å². The van der Waals surface area contributed by atoms with E-state index < -0.39 is 0 Å². The lowest BCUT2D eigenvalue weighted by atomic mass is 10.0. The van der Waals surface area contributed by atoms with Crippen LogP contribution in [0.15, 0.2) is 35.0 Å². The second-order valence-electron chi connectivity index (χ2n) is 4.74. The van der Waals surface area contributed by atoms with Crippen LogP contribution in [0, 0.1) is 5.92 Å². The first-order chi connectivity index (χ1) is 8.70. The van der Waals surface area contributed by atoms with Gasteiger partial charge < -0.3 is 10.5 Å². The van der Waals surface area contributed by atoms with Crippen molar-refractivity contribution in [2.75, 3.05) is 6.61 Å². The first-order valence-electron chi connectivity index (χ1n) is 6.19. The molecule has 2 N–H and O–H groups in total. The van der Waals surface area contributed by atoms with Gasteiger partial charge in [-0.25, -0.2) is 0 Å². The van der Waals surface area contributed by atoms with E-state index in [0.29, 0.717) is 12.5 Å². The van der Waals surface area contributed by atoms with Crippen LogP contribution in [0.2, 0.25) is 0 Å². The Morgan fingerprint density at radius 3 is 2.50 bits per heavy atom. The Balaban J connectivity index is 2.12. The lowest BCUT2D eigenvalue weighted by Crippen LogP contribution is -2.04. The quantitative estimate of drug-likeness (QED) is 0.885.